The predicted octanol–water partition coefficient (Wildman–Crippen LogP) is 2.30. The zero-order valence-electron chi connectivity index (χ0n) is 17.8. The first-order valence-corrected chi connectivity index (χ1v) is 12.5. The van der Waals surface area contributed by atoms with Gasteiger partial charge in [0.1, 0.15) is 5.69 Å². The molecule has 4 heterocycles. The standard InChI is InChI=1S/C22H27N5O3S/c1-15-21(16(2)27(24-15)18-7-12-31(29,30)14-18)25-8-10-26(11-9-25)22(28)20-13-17-5-3-4-6-19(17)23-20/h3-6,13,18,23H,7-12,14H2,1-2H3/t18-/m1/s1. The van der Waals surface area contributed by atoms with Gasteiger partial charge in [0.25, 0.3) is 5.91 Å². The molecular formula is C22H27N5O3S. The predicted molar refractivity (Wildman–Crippen MR) is 120 cm³/mol. The maximum Gasteiger partial charge on any atom is 0.270 e. The van der Waals surface area contributed by atoms with Gasteiger partial charge in [-0.1, -0.05) is 18.2 Å². The van der Waals surface area contributed by atoms with Crippen LogP contribution in [-0.2, 0) is 9.84 Å². The van der Waals surface area contributed by atoms with Crippen molar-refractivity contribution >= 4 is 32.3 Å². The third kappa shape index (κ3) is 3.60. The van der Waals surface area contributed by atoms with Crippen LogP contribution in [0.25, 0.3) is 10.9 Å². The lowest BCUT2D eigenvalue weighted by molar-refractivity contribution is 0.0742. The van der Waals surface area contributed by atoms with Crippen molar-refractivity contribution in [3.8, 4) is 0 Å². The molecule has 164 valence electrons. The Morgan fingerprint density at radius 2 is 1.87 bits per heavy atom. The molecule has 0 saturated carbocycles. The minimum Gasteiger partial charge on any atom is -0.365 e. The molecule has 1 aromatic carbocycles. The average molecular weight is 442 g/mol. The van der Waals surface area contributed by atoms with Gasteiger partial charge in [0.2, 0.25) is 0 Å². The van der Waals surface area contributed by atoms with Crippen molar-refractivity contribution in [2.24, 2.45) is 0 Å². The SMILES string of the molecule is Cc1nn([C@@H]2CCS(=O)(=O)C2)c(C)c1N1CCN(C(=O)c2cc3ccccc3[nH]2)CC1. The summed E-state index contributed by atoms with van der Waals surface area (Å²) in [6.07, 6.45) is 0.622. The molecule has 31 heavy (non-hydrogen) atoms. The quantitative estimate of drug-likeness (QED) is 0.674. The minimum absolute atomic E-state index is 0.0242. The van der Waals surface area contributed by atoms with E-state index in [9.17, 15) is 13.2 Å². The number of rotatable bonds is 3. The van der Waals surface area contributed by atoms with Gasteiger partial charge >= 0.3 is 0 Å². The Labute approximate surface area is 181 Å². The highest BCUT2D eigenvalue weighted by atomic mass is 32.2. The van der Waals surface area contributed by atoms with Crippen LogP contribution < -0.4 is 4.90 Å². The third-order valence-corrected chi connectivity index (χ3v) is 8.23. The summed E-state index contributed by atoms with van der Waals surface area (Å²) in [5, 5.41) is 5.72. The molecule has 2 aliphatic heterocycles. The fourth-order valence-corrected chi connectivity index (χ4v) is 6.62. The number of nitrogens with zero attached hydrogens (tertiary/aromatic N) is 4. The number of fused-ring (bicyclic) bond motifs is 1. The van der Waals surface area contributed by atoms with Gasteiger partial charge in [0.05, 0.1) is 34.6 Å². The number of amides is 1. The molecule has 2 fully saturated rings. The molecular weight excluding hydrogens is 414 g/mol. The van der Waals surface area contributed by atoms with Crippen molar-refractivity contribution in [1.29, 1.82) is 0 Å². The molecule has 0 radical (unpaired) electrons. The molecule has 1 N–H and O–H groups in total. The smallest absolute Gasteiger partial charge is 0.270 e. The lowest BCUT2D eigenvalue weighted by Crippen LogP contribution is -2.49. The van der Waals surface area contributed by atoms with Gasteiger partial charge < -0.3 is 14.8 Å². The van der Waals surface area contributed by atoms with E-state index in [0.29, 0.717) is 25.2 Å². The molecule has 3 aromatic rings. The number of carbonyl (C=O) groups excluding carboxylic acids is 1. The normalized spacial score (nSPS) is 21.2. The van der Waals surface area contributed by atoms with E-state index in [2.05, 4.69) is 15.0 Å². The van der Waals surface area contributed by atoms with Gasteiger partial charge in [0, 0.05) is 37.1 Å². The second-order valence-corrected chi connectivity index (χ2v) is 10.8. The number of hydrogen-bond acceptors (Lipinski definition) is 5. The van der Waals surface area contributed by atoms with E-state index < -0.39 is 9.84 Å². The molecule has 0 spiro atoms. The zero-order chi connectivity index (χ0) is 21.8. The van der Waals surface area contributed by atoms with Crippen LogP contribution in [0.3, 0.4) is 0 Å². The van der Waals surface area contributed by atoms with Crippen LogP contribution in [0.15, 0.2) is 30.3 Å². The Morgan fingerprint density at radius 1 is 1.13 bits per heavy atom. The molecule has 1 atom stereocenters. The van der Waals surface area contributed by atoms with E-state index in [0.717, 1.165) is 41.1 Å². The number of nitrogens with one attached hydrogen (secondary N) is 1. The van der Waals surface area contributed by atoms with E-state index in [1.165, 1.54) is 0 Å². The van der Waals surface area contributed by atoms with E-state index >= 15 is 0 Å². The molecule has 0 aliphatic carbocycles. The number of H-pyrrole nitrogens is 1. The summed E-state index contributed by atoms with van der Waals surface area (Å²) in [5.74, 6) is 0.428. The number of para-hydroxylation sites is 1. The molecule has 1 amide bonds. The molecule has 9 heteroatoms. The summed E-state index contributed by atoms with van der Waals surface area (Å²) in [7, 11) is -2.96. The van der Waals surface area contributed by atoms with Crippen LogP contribution >= 0.6 is 0 Å². The van der Waals surface area contributed by atoms with Crippen LogP contribution in [0.5, 0.6) is 0 Å². The Morgan fingerprint density at radius 3 is 2.55 bits per heavy atom. The highest BCUT2D eigenvalue weighted by Gasteiger charge is 2.33. The number of aromatic nitrogens is 3. The summed E-state index contributed by atoms with van der Waals surface area (Å²) in [6.45, 7) is 6.71. The Kier molecular flexibility index (Phi) is 4.80. The number of aryl methyl sites for hydroxylation is 1. The first-order valence-electron chi connectivity index (χ1n) is 10.7. The monoisotopic (exact) mass is 441 g/mol. The summed E-state index contributed by atoms with van der Waals surface area (Å²) >= 11 is 0. The Bertz CT molecular complexity index is 1220. The van der Waals surface area contributed by atoms with Crippen molar-refractivity contribution in [1.82, 2.24) is 19.7 Å². The Hall–Kier alpha value is -2.81. The van der Waals surface area contributed by atoms with Crippen LogP contribution in [0.4, 0.5) is 5.69 Å². The molecule has 2 aromatic heterocycles. The number of carbonyl (C=O) groups is 1. The van der Waals surface area contributed by atoms with E-state index in [1.807, 2.05) is 53.8 Å². The topological polar surface area (TPSA) is 91.3 Å². The largest absolute Gasteiger partial charge is 0.365 e. The van der Waals surface area contributed by atoms with Gasteiger partial charge in [-0.25, -0.2) is 8.42 Å². The highest BCUT2D eigenvalue weighted by molar-refractivity contribution is 7.91. The van der Waals surface area contributed by atoms with Gasteiger partial charge in [-0.2, -0.15) is 5.10 Å². The van der Waals surface area contributed by atoms with Crippen LogP contribution in [0.1, 0.15) is 34.3 Å². The number of benzene rings is 1. The number of sulfone groups is 1. The maximum atomic E-state index is 13.0. The summed E-state index contributed by atoms with van der Waals surface area (Å²) in [4.78, 5) is 20.4. The summed E-state index contributed by atoms with van der Waals surface area (Å²) in [5.41, 5.74) is 4.59. The molecule has 2 aliphatic rings. The summed E-state index contributed by atoms with van der Waals surface area (Å²) < 4.78 is 25.7. The van der Waals surface area contributed by atoms with Crippen molar-refractivity contribution in [2.45, 2.75) is 26.3 Å². The zero-order valence-corrected chi connectivity index (χ0v) is 18.7. The molecule has 0 bridgehead atoms. The lowest BCUT2D eigenvalue weighted by atomic mass is 10.2. The minimum atomic E-state index is -2.96. The van der Waals surface area contributed by atoms with E-state index in [1.54, 1.807) is 0 Å². The molecule has 0 unspecified atom stereocenters. The number of aromatic amines is 1. The fraction of sp³-hybridized carbons (Fsp3) is 0.455. The highest BCUT2D eigenvalue weighted by Crippen LogP contribution is 2.32. The summed E-state index contributed by atoms with van der Waals surface area (Å²) in [6, 6.07) is 9.73. The number of anilines is 1. The first kappa shape index (κ1) is 20.1. The van der Waals surface area contributed by atoms with E-state index in [4.69, 9.17) is 0 Å². The van der Waals surface area contributed by atoms with Gasteiger partial charge in [0.15, 0.2) is 9.84 Å². The fourth-order valence-electron chi connectivity index (χ4n) is 4.93. The van der Waals surface area contributed by atoms with Gasteiger partial charge in [-0.15, -0.1) is 0 Å². The number of hydrogen-bond donors (Lipinski definition) is 1. The average Bonchev–Trinajstić information content (AvgIpc) is 3.42. The second kappa shape index (κ2) is 7.40. The third-order valence-electron chi connectivity index (χ3n) is 6.48. The van der Waals surface area contributed by atoms with Gasteiger partial charge in [-0.3, -0.25) is 9.48 Å². The van der Waals surface area contributed by atoms with Crippen LogP contribution in [0, 0.1) is 13.8 Å². The van der Waals surface area contributed by atoms with Crippen molar-refractivity contribution in [2.75, 3.05) is 42.6 Å². The van der Waals surface area contributed by atoms with Crippen LogP contribution in [-0.4, -0.2) is 71.7 Å². The van der Waals surface area contributed by atoms with Crippen molar-refractivity contribution in [3.05, 3.63) is 47.4 Å². The molecule has 2 saturated heterocycles. The Balaban J connectivity index is 1.30. The van der Waals surface area contributed by atoms with Gasteiger partial charge in [-0.05, 0) is 32.4 Å². The van der Waals surface area contributed by atoms with Crippen molar-refractivity contribution < 1.29 is 13.2 Å². The lowest BCUT2D eigenvalue weighted by Gasteiger charge is -2.36. The first-order chi connectivity index (χ1) is 14.8. The number of piperazine rings is 1. The van der Waals surface area contributed by atoms with E-state index in [-0.39, 0.29) is 23.5 Å². The van der Waals surface area contributed by atoms with Crippen LogP contribution in [0.2, 0.25) is 0 Å². The molecule has 5 rings (SSSR count). The molecule has 8 nitrogen and oxygen atoms in total. The second-order valence-electron chi connectivity index (χ2n) is 8.57. The maximum absolute atomic E-state index is 13.0. The van der Waals surface area contributed by atoms with Crippen molar-refractivity contribution in [3.63, 3.8) is 0 Å².